The Balaban J connectivity index is 3.27. The summed E-state index contributed by atoms with van der Waals surface area (Å²) in [6, 6.07) is -0.773. The molecule has 20 nitrogen and oxygen atoms in total. The quantitative estimate of drug-likeness (QED) is 0.0385. The van der Waals surface area contributed by atoms with E-state index >= 15 is 0 Å². The first-order chi connectivity index (χ1) is 26.9. The molecule has 6 amide bonds. The summed E-state index contributed by atoms with van der Waals surface area (Å²) in [5.74, 6) is -7.83. The molecule has 20 heteroatoms. The fourth-order valence-electron chi connectivity index (χ4n) is 5.52. The Morgan fingerprint density at radius 2 is 1.07 bits per heavy atom. The lowest BCUT2D eigenvalue weighted by Gasteiger charge is -2.28. The van der Waals surface area contributed by atoms with Crippen LogP contribution in [0.5, 0.6) is 0 Å². The molecule has 0 radical (unpaired) electrons. The van der Waals surface area contributed by atoms with Gasteiger partial charge in [-0.25, -0.2) is 4.79 Å². The molecule has 7 atom stereocenters. The van der Waals surface area contributed by atoms with Crippen LogP contribution in [0.15, 0.2) is 30.3 Å². The molecule has 320 valence electrons. The summed E-state index contributed by atoms with van der Waals surface area (Å²) in [7, 11) is 0. The van der Waals surface area contributed by atoms with Crippen LogP contribution in [0, 0.1) is 5.92 Å². The van der Waals surface area contributed by atoms with Crippen molar-refractivity contribution in [3.8, 4) is 0 Å². The zero-order valence-corrected chi connectivity index (χ0v) is 32.8. The number of nitrogens with one attached hydrogen (secondary N) is 6. The van der Waals surface area contributed by atoms with Crippen molar-refractivity contribution in [3.05, 3.63) is 35.9 Å². The average molecular weight is 808 g/mol. The molecule has 0 aliphatic rings. The van der Waals surface area contributed by atoms with Crippen LogP contribution in [0.25, 0.3) is 0 Å². The summed E-state index contributed by atoms with van der Waals surface area (Å²) in [5, 5.41) is 43.4. The van der Waals surface area contributed by atoms with Crippen molar-refractivity contribution in [2.45, 2.75) is 121 Å². The minimum Gasteiger partial charge on any atom is -0.481 e. The summed E-state index contributed by atoms with van der Waals surface area (Å²) in [5.41, 5.74) is 17.3. The highest BCUT2D eigenvalue weighted by atomic mass is 16.4. The van der Waals surface area contributed by atoms with E-state index < -0.39 is 103 Å². The smallest absolute Gasteiger partial charge is 0.326 e. The third kappa shape index (κ3) is 19.5. The number of aliphatic carboxylic acids is 2. The Morgan fingerprint density at radius 1 is 0.596 bits per heavy atom. The minimum atomic E-state index is -1.61. The van der Waals surface area contributed by atoms with E-state index in [9.17, 15) is 48.6 Å². The van der Waals surface area contributed by atoms with Crippen molar-refractivity contribution in [3.63, 3.8) is 0 Å². The molecule has 57 heavy (non-hydrogen) atoms. The second-order valence-electron chi connectivity index (χ2n) is 14.1. The second-order valence-corrected chi connectivity index (χ2v) is 14.1. The zero-order valence-electron chi connectivity index (χ0n) is 32.8. The number of hydrogen-bond donors (Lipinski definition) is 12. The normalized spacial score (nSPS) is 14.7. The van der Waals surface area contributed by atoms with Crippen LogP contribution < -0.4 is 49.1 Å². The lowest BCUT2D eigenvalue weighted by Crippen LogP contribution is -2.60. The molecule has 0 bridgehead atoms. The number of aliphatic hydroxyl groups excluding tert-OH is 1. The number of hydrogen-bond acceptors (Lipinski definition) is 12. The SMILES string of the molecule is CC(C)C[C@H](NC(=O)[C@H](Cc1ccccc1)NC(=O)[C@H](CO)NC(=O)[C@H](C)NC(=O)[C@@H](N)CC(=O)O)C(=O)N[C@@H](CCCCN)C(=O)N[C@@H](CCCCN)C(=O)O. The molecule has 0 saturated carbocycles. The van der Waals surface area contributed by atoms with E-state index in [1.54, 1.807) is 44.2 Å². The third-order valence-electron chi connectivity index (χ3n) is 8.70. The van der Waals surface area contributed by atoms with Gasteiger partial charge in [-0.3, -0.25) is 33.6 Å². The van der Waals surface area contributed by atoms with E-state index in [4.69, 9.17) is 22.3 Å². The van der Waals surface area contributed by atoms with Gasteiger partial charge >= 0.3 is 11.9 Å². The first kappa shape index (κ1) is 49.8. The molecule has 0 fully saturated rings. The fourth-order valence-corrected chi connectivity index (χ4v) is 5.52. The summed E-state index contributed by atoms with van der Waals surface area (Å²) >= 11 is 0. The van der Waals surface area contributed by atoms with Gasteiger partial charge in [-0.05, 0) is 76.4 Å². The Morgan fingerprint density at radius 3 is 1.60 bits per heavy atom. The van der Waals surface area contributed by atoms with Crippen LogP contribution >= 0.6 is 0 Å². The van der Waals surface area contributed by atoms with Crippen molar-refractivity contribution in [2.24, 2.45) is 23.1 Å². The third-order valence-corrected chi connectivity index (χ3v) is 8.70. The van der Waals surface area contributed by atoms with Crippen LogP contribution in [0.3, 0.4) is 0 Å². The lowest BCUT2D eigenvalue weighted by molar-refractivity contribution is -0.142. The summed E-state index contributed by atoms with van der Waals surface area (Å²) in [6.45, 7) is 4.61. The van der Waals surface area contributed by atoms with Gasteiger partial charge < -0.3 is 64.4 Å². The first-order valence-electron chi connectivity index (χ1n) is 19.0. The Bertz CT molecular complexity index is 1480. The van der Waals surface area contributed by atoms with Gasteiger partial charge in [-0.2, -0.15) is 0 Å². The van der Waals surface area contributed by atoms with E-state index in [1.165, 1.54) is 6.92 Å². The van der Waals surface area contributed by atoms with Gasteiger partial charge in [0.2, 0.25) is 35.4 Å². The number of unbranched alkanes of at least 4 members (excludes halogenated alkanes) is 2. The molecule has 1 rings (SSSR count). The maximum Gasteiger partial charge on any atom is 0.326 e. The molecule has 0 saturated heterocycles. The molecule has 0 aromatic heterocycles. The van der Waals surface area contributed by atoms with Gasteiger partial charge in [0.25, 0.3) is 0 Å². The topological polar surface area (TPSA) is 347 Å². The van der Waals surface area contributed by atoms with Gasteiger partial charge in [0.15, 0.2) is 0 Å². The maximum atomic E-state index is 13.9. The van der Waals surface area contributed by atoms with Crippen LogP contribution in [0.1, 0.15) is 77.7 Å². The maximum absolute atomic E-state index is 13.9. The van der Waals surface area contributed by atoms with Gasteiger partial charge in [0.1, 0.15) is 36.3 Å². The Labute approximate surface area is 332 Å². The van der Waals surface area contributed by atoms with Gasteiger partial charge in [-0.15, -0.1) is 0 Å². The molecule has 0 unspecified atom stereocenters. The number of carboxylic acids is 2. The molecule has 0 aliphatic heterocycles. The predicted molar refractivity (Wildman–Crippen MR) is 208 cm³/mol. The molecule has 0 spiro atoms. The number of carboxylic acid groups (broad SMARTS) is 2. The Hall–Kier alpha value is -5.18. The highest BCUT2D eigenvalue weighted by Crippen LogP contribution is 2.11. The number of carbonyl (C=O) groups excluding carboxylic acids is 6. The highest BCUT2D eigenvalue weighted by Gasteiger charge is 2.33. The van der Waals surface area contributed by atoms with Crippen molar-refractivity contribution in [1.82, 2.24) is 31.9 Å². The molecule has 0 heterocycles. The number of nitrogens with two attached hydrogens (primary N) is 3. The van der Waals surface area contributed by atoms with Crippen molar-refractivity contribution in [1.29, 1.82) is 0 Å². The van der Waals surface area contributed by atoms with Gasteiger partial charge in [0.05, 0.1) is 19.1 Å². The number of benzene rings is 1. The molecule has 1 aromatic carbocycles. The highest BCUT2D eigenvalue weighted by molar-refractivity contribution is 5.97. The summed E-state index contributed by atoms with van der Waals surface area (Å²) in [4.78, 5) is 102. The van der Waals surface area contributed by atoms with E-state index in [1.807, 2.05) is 0 Å². The van der Waals surface area contributed by atoms with Crippen molar-refractivity contribution >= 4 is 47.4 Å². The van der Waals surface area contributed by atoms with E-state index in [2.05, 4.69) is 31.9 Å². The van der Waals surface area contributed by atoms with Crippen LogP contribution in [-0.2, 0) is 44.8 Å². The zero-order chi connectivity index (χ0) is 43.1. The van der Waals surface area contributed by atoms with Crippen molar-refractivity contribution in [2.75, 3.05) is 19.7 Å². The molecular weight excluding hydrogens is 746 g/mol. The van der Waals surface area contributed by atoms with Gasteiger partial charge in [-0.1, -0.05) is 44.2 Å². The van der Waals surface area contributed by atoms with Crippen molar-refractivity contribution < 1.29 is 53.7 Å². The molecule has 1 aromatic rings. The van der Waals surface area contributed by atoms with Gasteiger partial charge in [0, 0.05) is 6.42 Å². The van der Waals surface area contributed by atoms with Crippen LogP contribution in [0.4, 0.5) is 0 Å². The minimum absolute atomic E-state index is 0.0840. The second kappa shape index (κ2) is 26.6. The standard InChI is InChI=1S/C37H61N9O11/c1-21(2)17-27(34(53)42-25(13-7-9-15-38)33(52)43-26(37(56)57)14-8-10-16-39)44-35(54)28(18-23-11-5-4-6-12-23)45-36(55)29(20-47)46-31(50)22(3)41-32(51)24(40)19-30(48)49/h4-6,11-12,21-22,24-29,47H,7-10,13-20,38-40H2,1-3H3,(H,41,51)(H,42,53)(H,43,52)(H,44,54)(H,45,55)(H,46,50)(H,48,49)(H,56,57)/t22-,24-,25-,26-,27-,28-,29-/m0/s1. The van der Waals surface area contributed by atoms with E-state index in [0.717, 1.165) is 0 Å². The monoisotopic (exact) mass is 807 g/mol. The number of aliphatic hydroxyl groups is 1. The number of amides is 6. The molecule has 0 aliphatic carbocycles. The predicted octanol–water partition coefficient (Wildman–Crippen LogP) is -2.66. The lowest BCUT2D eigenvalue weighted by atomic mass is 10.00. The summed E-state index contributed by atoms with van der Waals surface area (Å²) < 4.78 is 0. The first-order valence-corrected chi connectivity index (χ1v) is 19.0. The number of carbonyl (C=O) groups is 8. The largest absolute Gasteiger partial charge is 0.481 e. The fraction of sp³-hybridized carbons (Fsp3) is 0.622. The van der Waals surface area contributed by atoms with E-state index in [-0.39, 0.29) is 31.6 Å². The van der Waals surface area contributed by atoms with Crippen LogP contribution in [0.2, 0.25) is 0 Å². The average Bonchev–Trinajstić information content (AvgIpc) is 3.15. The number of rotatable bonds is 28. The van der Waals surface area contributed by atoms with Crippen LogP contribution in [-0.4, -0.2) is 125 Å². The summed E-state index contributed by atoms with van der Waals surface area (Å²) in [6.07, 6.45) is 1.54. The molecular formula is C37H61N9O11. The molecule has 15 N–H and O–H groups in total. The van der Waals surface area contributed by atoms with E-state index in [0.29, 0.717) is 44.3 Å². The Kier molecular flexibility index (Phi) is 23.3.